The van der Waals surface area contributed by atoms with Gasteiger partial charge in [0.25, 0.3) is 0 Å². The topological polar surface area (TPSA) is 53.1 Å². The Balaban J connectivity index is 1.68. The Kier molecular flexibility index (Phi) is 5.97. The van der Waals surface area contributed by atoms with Gasteiger partial charge >= 0.3 is 6.18 Å². The summed E-state index contributed by atoms with van der Waals surface area (Å²) in [5.41, 5.74) is -1.13. The lowest BCUT2D eigenvalue weighted by molar-refractivity contribution is -0.266. The smallest absolute Gasteiger partial charge is 0.380 e. The van der Waals surface area contributed by atoms with Gasteiger partial charge in [-0.3, -0.25) is 4.79 Å². The highest BCUT2D eigenvalue weighted by molar-refractivity contribution is 7.18. The summed E-state index contributed by atoms with van der Waals surface area (Å²) in [6, 6.07) is 19.9. The van der Waals surface area contributed by atoms with Gasteiger partial charge in [-0.05, 0) is 34.6 Å². The Bertz CT molecular complexity index is 1320. The summed E-state index contributed by atoms with van der Waals surface area (Å²) in [4.78, 5) is 15.2. The van der Waals surface area contributed by atoms with E-state index in [2.05, 4.69) is 4.98 Å². The van der Waals surface area contributed by atoms with Gasteiger partial charge in [0.15, 0.2) is 11.0 Å². The minimum absolute atomic E-state index is 0.256. The first kappa shape index (κ1) is 23.3. The van der Waals surface area contributed by atoms with E-state index in [0.29, 0.717) is 20.7 Å². The van der Waals surface area contributed by atoms with Gasteiger partial charge in [0.1, 0.15) is 0 Å². The summed E-state index contributed by atoms with van der Waals surface area (Å²) in [6.45, 7) is 3.42. The van der Waals surface area contributed by atoms with E-state index in [9.17, 15) is 23.1 Å². The van der Waals surface area contributed by atoms with Crippen molar-refractivity contribution in [3.05, 3.63) is 93.6 Å². The summed E-state index contributed by atoms with van der Waals surface area (Å²) in [6.07, 6.45) is -4.53. The highest BCUT2D eigenvalue weighted by Gasteiger charge is 2.56. The normalized spacial score (nSPS) is 14.4. The molecule has 4 rings (SSSR count). The third-order valence-electron chi connectivity index (χ3n) is 5.96. The number of aromatic nitrogens is 1. The van der Waals surface area contributed by atoms with Crippen LogP contribution in [0.5, 0.6) is 0 Å². The van der Waals surface area contributed by atoms with Crippen LogP contribution < -0.4 is 5.43 Å². The Morgan fingerprint density at radius 2 is 1.64 bits per heavy atom. The molecule has 0 fully saturated rings. The Labute approximate surface area is 193 Å². The van der Waals surface area contributed by atoms with E-state index in [0.717, 1.165) is 22.5 Å². The van der Waals surface area contributed by atoms with Crippen molar-refractivity contribution in [2.75, 3.05) is 0 Å². The fourth-order valence-corrected chi connectivity index (χ4v) is 5.38. The van der Waals surface area contributed by atoms with E-state index in [4.69, 9.17) is 0 Å². The molecule has 0 aliphatic rings. The lowest BCUT2D eigenvalue weighted by atomic mass is 9.73. The van der Waals surface area contributed by atoms with Gasteiger partial charge in [0, 0.05) is 23.6 Å². The predicted octanol–water partition coefficient (Wildman–Crippen LogP) is 6.46. The first-order valence-corrected chi connectivity index (χ1v) is 11.4. The van der Waals surface area contributed by atoms with Crippen LogP contribution in [-0.2, 0) is 11.8 Å². The Hall–Kier alpha value is -2.90. The molecule has 172 valence electrons. The molecule has 7 heteroatoms. The maximum absolute atomic E-state index is 14.2. The van der Waals surface area contributed by atoms with Crippen molar-refractivity contribution in [1.82, 2.24) is 4.98 Å². The van der Waals surface area contributed by atoms with Gasteiger partial charge in [-0.15, -0.1) is 11.3 Å². The first-order valence-electron chi connectivity index (χ1n) is 10.5. The van der Waals surface area contributed by atoms with Crippen LogP contribution in [0.2, 0.25) is 0 Å². The molecule has 1 atom stereocenters. The molecule has 0 aliphatic carbocycles. The van der Waals surface area contributed by atoms with Gasteiger partial charge in [0.05, 0.1) is 10.2 Å². The monoisotopic (exact) mass is 471 g/mol. The number of hydrogen-bond acceptors (Lipinski definition) is 3. The van der Waals surface area contributed by atoms with E-state index in [1.807, 2.05) is 48.5 Å². The molecule has 0 bridgehead atoms. The number of halogens is 3. The molecular formula is C26H24F3NO2S. The second-order valence-corrected chi connectivity index (χ2v) is 10.1. The number of H-pyrrole nitrogens is 1. The number of fused-ring (bicyclic) bond motifs is 1. The molecule has 2 aromatic carbocycles. The number of rotatable bonds is 6. The molecule has 0 amide bonds. The molecule has 0 radical (unpaired) electrons. The SMILES string of the molecule is CC(C)(CC(O)(Cc1cc2[nH]ccc(=O)c2s1)C(F)(F)F)c1cccc(-c2ccccc2)c1. The van der Waals surface area contributed by atoms with E-state index < -0.39 is 30.0 Å². The Morgan fingerprint density at radius 1 is 0.939 bits per heavy atom. The average Bonchev–Trinajstić information content (AvgIpc) is 3.17. The van der Waals surface area contributed by atoms with Crippen molar-refractivity contribution in [3.63, 3.8) is 0 Å². The highest BCUT2D eigenvalue weighted by atomic mass is 32.1. The average molecular weight is 472 g/mol. The zero-order chi connectivity index (χ0) is 23.9. The number of nitrogens with one attached hydrogen (secondary N) is 1. The lowest BCUT2D eigenvalue weighted by Gasteiger charge is -2.38. The zero-order valence-electron chi connectivity index (χ0n) is 18.2. The van der Waals surface area contributed by atoms with Crippen LogP contribution in [-0.4, -0.2) is 21.9 Å². The van der Waals surface area contributed by atoms with Crippen LogP contribution in [0.3, 0.4) is 0 Å². The summed E-state index contributed by atoms with van der Waals surface area (Å²) in [5.74, 6) is 0. The van der Waals surface area contributed by atoms with Gasteiger partial charge in [0.2, 0.25) is 0 Å². The molecule has 33 heavy (non-hydrogen) atoms. The molecule has 0 saturated heterocycles. The van der Waals surface area contributed by atoms with Crippen molar-refractivity contribution >= 4 is 21.6 Å². The number of alkyl halides is 3. The molecule has 3 nitrogen and oxygen atoms in total. The van der Waals surface area contributed by atoms with Gasteiger partial charge < -0.3 is 10.1 Å². The quantitative estimate of drug-likeness (QED) is 0.339. The molecule has 1 unspecified atom stereocenters. The summed E-state index contributed by atoms with van der Waals surface area (Å²) in [5, 5.41) is 11.0. The van der Waals surface area contributed by atoms with Gasteiger partial charge in [-0.1, -0.05) is 68.4 Å². The highest BCUT2D eigenvalue weighted by Crippen LogP contribution is 2.44. The molecule has 2 aromatic heterocycles. The van der Waals surface area contributed by atoms with Crippen molar-refractivity contribution in [1.29, 1.82) is 0 Å². The predicted molar refractivity (Wildman–Crippen MR) is 127 cm³/mol. The maximum atomic E-state index is 14.2. The third-order valence-corrected chi connectivity index (χ3v) is 7.11. The van der Waals surface area contributed by atoms with E-state index in [-0.39, 0.29) is 5.43 Å². The van der Waals surface area contributed by atoms with Crippen LogP contribution in [0, 0.1) is 0 Å². The molecule has 2 N–H and O–H groups in total. The molecule has 0 aliphatic heterocycles. The Morgan fingerprint density at radius 3 is 2.30 bits per heavy atom. The fourth-order valence-electron chi connectivity index (χ4n) is 4.24. The largest absolute Gasteiger partial charge is 0.417 e. The van der Waals surface area contributed by atoms with Crippen LogP contribution in [0.1, 0.15) is 30.7 Å². The molecule has 0 spiro atoms. The van der Waals surface area contributed by atoms with Crippen LogP contribution in [0.15, 0.2) is 77.7 Å². The number of hydrogen-bond donors (Lipinski definition) is 2. The van der Waals surface area contributed by atoms with Crippen LogP contribution >= 0.6 is 11.3 Å². The number of pyridine rings is 1. The summed E-state index contributed by atoms with van der Waals surface area (Å²) >= 11 is 0.985. The van der Waals surface area contributed by atoms with Crippen molar-refractivity contribution in [2.24, 2.45) is 0 Å². The number of benzene rings is 2. The van der Waals surface area contributed by atoms with Gasteiger partial charge in [-0.25, -0.2) is 0 Å². The fraction of sp³-hybridized carbons (Fsp3) is 0.269. The second-order valence-electron chi connectivity index (χ2n) is 9.01. The maximum Gasteiger partial charge on any atom is 0.417 e. The lowest BCUT2D eigenvalue weighted by Crippen LogP contribution is -2.50. The van der Waals surface area contributed by atoms with Crippen LogP contribution in [0.4, 0.5) is 13.2 Å². The van der Waals surface area contributed by atoms with E-state index in [1.54, 1.807) is 19.9 Å². The minimum Gasteiger partial charge on any atom is -0.380 e. The standard InChI is InChI=1S/C26H24F3NO2S/c1-24(2,19-10-6-9-18(13-19)17-7-4-3-5-8-17)16-25(32,26(27,28)29)15-20-14-21-23(33-20)22(31)11-12-30-21/h3-14,32H,15-16H2,1-2H3,(H,30,31). The number of aromatic amines is 1. The van der Waals surface area contributed by atoms with Crippen molar-refractivity contribution in [3.8, 4) is 11.1 Å². The van der Waals surface area contributed by atoms with E-state index >= 15 is 0 Å². The number of thiophene rings is 1. The second kappa shape index (κ2) is 8.47. The summed E-state index contributed by atoms with van der Waals surface area (Å²) in [7, 11) is 0. The first-order chi connectivity index (χ1) is 15.5. The van der Waals surface area contributed by atoms with Crippen molar-refractivity contribution in [2.45, 2.75) is 43.9 Å². The molecule has 4 aromatic rings. The van der Waals surface area contributed by atoms with Gasteiger partial charge in [-0.2, -0.15) is 13.2 Å². The van der Waals surface area contributed by atoms with Crippen LogP contribution in [0.25, 0.3) is 21.3 Å². The van der Waals surface area contributed by atoms with Crippen molar-refractivity contribution < 1.29 is 18.3 Å². The molecular weight excluding hydrogens is 447 g/mol. The third kappa shape index (κ3) is 4.75. The zero-order valence-corrected chi connectivity index (χ0v) is 19.1. The number of aliphatic hydroxyl groups is 1. The van der Waals surface area contributed by atoms with E-state index in [1.165, 1.54) is 18.3 Å². The summed E-state index contributed by atoms with van der Waals surface area (Å²) < 4.78 is 43.0. The molecule has 2 heterocycles. The minimum atomic E-state index is -4.85. The molecule has 0 saturated carbocycles.